The number of anilines is 1. The molecule has 1 heterocycles. The zero-order valence-electron chi connectivity index (χ0n) is 18.0. The lowest BCUT2D eigenvalue weighted by atomic mass is 10.1. The van der Waals surface area contributed by atoms with Crippen molar-refractivity contribution in [2.75, 3.05) is 32.7 Å². The van der Waals surface area contributed by atoms with Crippen LogP contribution in [0.5, 0.6) is 11.5 Å². The van der Waals surface area contributed by atoms with E-state index in [1.54, 1.807) is 32.4 Å². The van der Waals surface area contributed by atoms with Crippen LogP contribution in [0.1, 0.15) is 34.3 Å². The molecule has 0 saturated carbocycles. The number of nitrogens with one attached hydrogen (secondary N) is 2. The molecule has 1 saturated heterocycles. The predicted octanol–water partition coefficient (Wildman–Crippen LogP) is 3.70. The van der Waals surface area contributed by atoms with E-state index in [1.807, 2.05) is 32.0 Å². The monoisotopic (exact) mass is 411 g/mol. The molecule has 1 aliphatic heterocycles. The number of aliphatic imine (C=N–C) groups is 1. The Morgan fingerprint density at radius 1 is 1.17 bits per heavy atom. The lowest BCUT2D eigenvalue weighted by molar-refractivity contribution is 0.0975. The van der Waals surface area contributed by atoms with Crippen LogP contribution in [0, 0.1) is 13.8 Å². The molecule has 0 aliphatic carbocycles. The number of aryl methyl sites for hydroxylation is 1. The summed E-state index contributed by atoms with van der Waals surface area (Å²) in [5.74, 6) is 1.15. The van der Waals surface area contributed by atoms with Crippen LogP contribution in [0.25, 0.3) is 0 Å². The topological polar surface area (TPSA) is 81.2 Å². The number of methoxy groups -OCH3 is 2. The minimum atomic E-state index is -0.309. The standard InChI is InChI=1S/C23H29N3O4/c1-15-7-5-9-21(16(15)2)25-23(24-14-18-8-6-10-30-18)26-22(27)17-11-19(28-3)13-20(12-17)29-4/h5,7,9,11-13,18H,6,8,10,14H2,1-4H3,(H2,24,25,26,27). The number of carbonyl (C=O) groups excluding carboxylic acids is 1. The van der Waals surface area contributed by atoms with E-state index >= 15 is 0 Å². The maximum absolute atomic E-state index is 13.0. The van der Waals surface area contributed by atoms with Gasteiger partial charge < -0.3 is 19.5 Å². The van der Waals surface area contributed by atoms with Gasteiger partial charge in [0.25, 0.3) is 5.91 Å². The van der Waals surface area contributed by atoms with E-state index in [2.05, 4.69) is 15.6 Å². The fourth-order valence-electron chi connectivity index (χ4n) is 3.22. The number of hydrogen-bond acceptors (Lipinski definition) is 5. The third-order valence-corrected chi connectivity index (χ3v) is 5.18. The van der Waals surface area contributed by atoms with Crippen molar-refractivity contribution in [3.63, 3.8) is 0 Å². The summed E-state index contributed by atoms with van der Waals surface area (Å²) in [6, 6.07) is 11.0. The van der Waals surface area contributed by atoms with Crippen molar-refractivity contribution in [2.24, 2.45) is 4.99 Å². The zero-order chi connectivity index (χ0) is 21.5. The van der Waals surface area contributed by atoms with E-state index in [4.69, 9.17) is 14.2 Å². The van der Waals surface area contributed by atoms with Crippen LogP contribution in [0.4, 0.5) is 5.69 Å². The Morgan fingerprint density at radius 2 is 1.90 bits per heavy atom. The van der Waals surface area contributed by atoms with Gasteiger partial charge in [0.05, 0.1) is 26.9 Å². The smallest absolute Gasteiger partial charge is 0.258 e. The van der Waals surface area contributed by atoms with Gasteiger partial charge in [-0.2, -0.15) is 0 Å². The molecule has 0 radical (unpaired) electrons. The second-order valence-electron chi connectivity index (χ2n) is 7.25. The summed E-state index contributed by atoms with van der Waals surface area (Å²) in [5.41, 5.74) is 3.56. The van der Waals surface area contributed by atoms with Gasteiger partial charge in [-0.15, -0.1) is 0 Å². The number of carbonyl (C=O) groups is 1. The van der Waals surface area contributed by atoms with Gasteiger partial charge in [-0.1, -0.05) is 12.1 Å². The van der Waals surface area contributed by atoms with E-state index in [9.17, 15) is 4.79 Å². The summed E-state index contributed by atoms with van der Waals surface area (Å²) in [6.45, 7) is 5.32. The summed E-state index contributed by atoms with van der Waals surface area (Å²) in [7, 11) is 3.10. The van der Waals surface area contributed by atoms with Crippen molar-refractivity contribution in [3.8, 4) is 11.5 Å². The first-order valence-electron chi connectivity index (χ1n) is 10.0. The van der Waals surface area contributed by atoms with E-state index in [0.29, 0.717) is 29.6 Å². The van der Waals surface area contributed by atoms with Crippen LogP contribution >= 0.6 is 0 Å². The number of benzene rings is 2. The average Bonchev–Trinajstić information content (AvgIpc) is 3.28. The molecule has 0 aromatic heterocycles. The highest BCUT2D eigenvalue weighted by Gasteiger charge is 2.17. The number of ether oxygens (including phenoxy) is 3. The molecule has 1 amide bonds. The van der Waals surface area contributed by atoms with Crippen LogP contribution < -0.4 is 20.1 Å². The molecule has 3 rings (SSSR count). The second kappa shape index (κ2) is 10.1. The molecule has 2 N–H and O–H groups in total. The van der Waals surface area contributed by atoms with Crippen LogP contribution in [-0.4, -0.2) is 45.3 Å². The molecule has 2 aromatic rings. The lowest BCUT2D eigenvalue weighted by Crippen LogP contribution is -2.37. The maximum atomic E-state index is 13.0. The molecule has 2 aromatic carbocycles. The Morgan fingerprint density at radius 3 is 2.53 bits per heavy atom. The molecular formula is C23H29N3O4. The second-order valence-corrected chi connectivity index (χ2v) is 7.25. The van der Waals surface area contributed by atoms with E-state index < -0.39 is 0 Å². The van der Waals surface area contributed by atoms with Crippen molar-refractivity contribution in [1.29, 1.82) is 0 Å². The van der Waals surface area contributed by atoms with E-state index in [1.165, 1.54) is 0 Å². The molecule has 1 fully saturated rings. The number of amides is 1. The van der Waals surface area contributed by atoms with Gasteiger partial charge in [0.15, 0.2) is 0 Å². The molecule has 1 unspecified atom stereocenters. The maximum Gasteiger partial charge on any atom is 0.258 e. The highest BCUT2D eigenvalue weighted by molar-refractivity contribution is 6.10. The van der Waals surface area contributed by atoms with Crippen molar-refractivity contribution in [3.05, 3.63) is 53.1 Å². The largest absolute Gasteiger partial charge is 0.497 e. The summed E-state index contributed by atoms with van der Waals surface area (Å²) < 4.78 is 16.2. The minimum Gasteiger partial charge on any atom is -0.497 e. The van der Waals surface area contributed by atoms with Gasteiger partial charge >= 0.3 is 0 Å². The van der Waals surface area contributed by atoms with Crippen molar-refractivity contribution in [2.45, 2.75) is 32.8 Å². The number of rotatable bonds is 6. The SMILES string of the molecule is COc1cc(OC)cc(C(=O)NC(=NCC2CCCO2)Nc2cccc(C)c2C)c1. The van der Waals surface area contributed by atoms with Crippen molar-refractivity contribution < 1.29 is 19.0 Å². The highest BCUT2D eigenvalue weighted by Crippen LogP contribution is 2.23. The molecule has 0 spiro atoms. The Kier molecular flexibility index (Phi) is 7.30. The van der Waals surface area contributed by atoms with Crippen LogP contribution in [0.3, 0.4) is 0 Å². The lowest BCUT2D eigenvalue weighted by Gasteiger charge is -2.16. The van der Waals surface area contributed by atoms with Gasteiger partial charge in [-0.25, -0.2) is 4.99 Å². The first kappa shape index (κ1) is 21.6. The van der Waals surface area contributed by atoms with Crippen LogP contribution in [0.15, 0.2) is 41.4 Å². The average molecular weight is 412 g/mol. The van der Waals surface area contributed by atoms with E-state index in [-0.39, 0.29) is 12.0 Å². The third-order valence-electron chi connectivity index (χ3n) is 5.18. The first-order valence-corrected chi connectivity index (χ1v) is 10.0. The Balaban J connectivity index is 1.83. The van der Waals surface area contributed by atoms with Gasteiger partial charge in [0.2, 0.25) is 5.96 Å². The molecule has 0 bridgehead atoms. The molecule has 160 valence electrons. The van der Waals surface area contributed by atoms with Crippen molar-refractivity contribution in [1.82, 2.24) is 5.32 Å². The van der Waals surface area contributed by atoms with Gasteiger partial charge in [0, 0.05) is 23.9 Å². The fraction of sp³-hybridized carbons (Fsp3) is 0.391. The molecule has 7 heteroatoms. The Bertz CT molecular complexity index is 898. The van der Waals surface area contributed by atoms with Gasteiger partial charge in [0.1, 0.15) is 11.5 Å². The first-order chi connectivity index (χ1) is 14.5. The van der Waals surface area contributed by atoms with Crippen LogP contribution in [-0.2, 0) is 4.74 Å². The molecular weight excluding hydrogens is 382 g/mol. The summed E-state index contributed by atoms with van der Waals surface area (Å²) in [5, 5.41) is 6.16. The summed E-state index contributed by atoms with van der Waals surface area (Å²) >= 11 is 0. The number of nitrogens with zero attached hydrogens (tertiary/aromatic N) is 1. The quantitative estimate of drug-likeness (QED) is 0.560. The number of guanidine groups is 1. The molecule has 7 nitrogen and oxygen atoms in total. The summed E-state index contributed by atoms with van der Waals surface area (Å²) in [4.78, 5) is 17.6. The van der Waals surface area contributed by atoms with Gasteiger partial charge in [-0.05, 0) is 56.0 Å². The zero-order valence-corrected chi connectivity index (χ0v) is 18.0. The fourth-order valence-corrected chi connectivity index (χ4v) is 3.22. The predicted molar refractivity (Wildman–Crippen MR) is 118 cm³/mol. The minimum absolute atomic E-state index is 0.0780. The Hall–Kier alpha value is -3.06. The normalized spacial score (nSPS) is 16.3. The summed E-state index contributed by atoms with van der Waals surface area (Å²) in [6.07, 6.45) is 2.09. The van der Waals surface area contributed by atoms with Crippen LogP contribution in [0.2, 0.25) is 0 Å². The highest BCUT2D eigenvalue weighted by atomic mass is 16.5. The van der Waals surface area contributed by atoms with Gasteiger partial charge in [-0.3, -0.25) is 10.1 Å². The van der Waals surface area contributed by atoms with E-state index in [0.717, 1.165) is 36.3 Å². The number of hydrogen-bond donors (Lipinski definition) is 2. The molecule has 1 atom stereocenters. The molecule has 1 aliphatic rings. The van der Waals surface area contributed by atoms with Crippen molar-refractivity contribution >= 4 is 17.6 Å². The Labute approximate surface area is 177 Å². The molecule has 30 heavy (non-hydrogen) atoms. The third kappa shape index (κ3) is 5.51.